The van der Waals surface area contributed by atoms with Gasteiger partial charge in [-0.15, -0.1) is 0 Å². The van der Waals surface area contributed by atoms with Crippen LogP contribution in [0.3, 0.4) is 0 Å². The number of carbonyl (C=O) groups excluding carboxylic acids is 1. The van der Waals surface area contributed by atoms with Crippen LogP contribution >= 0.6 is 0 Å². The highest BCUT2D eigenvalue weighted by Gasteiger charge is 2.15. The molecule has 1 aromatic heterocycles. The summed E-state index contributed by atoms with van der Waals surface area (Å²) in [5, 5.41) is 7.26. The Hall–Kier alpha value is -3.68. The number of ether oxygens (including phenoxy) is 4. The molecule has 1 aliphatic heterocycles. The van der Waals surface area contributed by atoms with Crippen molar-refractivity contribution in [3.05, 3.63) is 59.8 Å². The first kappa shape index (κ1) is 19.6. The van der Waals surface area contributed by atoms with Crippen LogP contribution in [0, 0.1) is 0 Å². The van der Waals surface area contributed by atoms with E-state index in [1.807, 2.05) is 36.4 Å². The number of anilines is 1. The van der Waals surface area contributed by atoms with E-state index in [0.29, 0.717) is 36.7 Å². The van der Waals surface area contributed by atoms with Crippen LogP contribution < -0.4 is 24.3 Å². The number of para-hydroxylation sites is 1. The van der Waals surface area contributed by atoms with Crippen LogP contribution in [0.1, 0.15) is 17.5 Å². The molecule has 8 heteroatoms. The van der Waals surface area contributed by atoms with Crippen LogP contribution in [0.2, 0.25) is 0 Å². The van der Waals surface area contributed by atoms with Crippen molar-refractivity contribution < 1.29 is 23.7 Å². The second kappa shape index (κ2) is 8.77. The maximum Gasteiger partial charge on any atom is 0.231 e. The lowest BCUT2D eigenvalue weighted by Crippen LogP contribution is -2.16. The Labute approximate surface area is 174 Å². The lowest BCUT2D eigenvalue weighted by Gasteiger charge is -2.14. The molecule has 1 N–H and O–H groups in total. The first-order chi connectivity index (χ1) is 14.7. The summed E-state index contributed by atoms with van der Waals surface area (Å²) in [7, 11) is 3.20. The molecule has 4 rings (SSSR count). The van der Waals surface area contributed by atoms with Gasteiger partial charge >= 0.3 is 0 Å². The highest BCUT2D eigenvalue weighted by atomic mass is 16.7. The van der Waals surface area contributed by atoms with Crippen molar-refractivity contribution in [3.8, 4) is 23.0 Å². The number of nitrogens with one attached hydrogen (secondary N) is 1. The van der Waals surface area contributed by atoms with Crippen LogP contribution in [0.4, 0.5) is 5.82 Å². The summed E-state index contributed by atoms with van der Waals surface area (Å²) in [6.07, 6.45) is 2.59. The van der Waals surface area contributed by atoms with Crippen LogP contribution in [-0.2, 0) is 17.8 Å². The average Bonchev–Trinajstić information content (AvgIpc) is 3.41. The smallest absolute Gasteiger partial charge is 0.231 e. The predicted molar refractivity (Wildman–Crippen MR) is 110 cm³/mol. The zero-order valence-electron chi connectivity index (χ0n) is 16.9. The van der Waals surface area contributed by atoms with E-state index < -0.39 is 0 Å². The third-order valence-corrected chi connectivity index (χ3v) is 4.87. The third-order valence-electron chi connectivity index (χ3n) is 4.87. The van der Waals surface area contributed by atoms with Gasteiger partial charge in [0.15, 0.2) is 23.0 Å². The number of aryl methyl sites for hydroxylation is 1. The Kier molecular flexibility index (Phi) is 5.74. The van der Waals surface area contributed by atoms with Crippen molar-refractivity contribution in [2.75, 3.05) is 26.3 Å². The Balaban J connectivity index is 1.39. The van der Waals surface area contributed by atoms with E-state index in [9.17, 15) is 4.79 Å². The van der Waals surface area contributed by atoms with Gasteiger partial charge in [0.2, 0.25) is 12.7 Å². The van der Waals surface area contributed by atoms with Gasteiger partial charge in [-0.3, -0.25) is 4.79 Å². The zero-order valence-corrected chi connectivity index (χ0v) is 16.9. The normalized spacial score (nSPS) is 11.9. The van der Waals surface area contributed by atoms with E-state index >= 15 is 0 Å². The predicted octanol–water partition coefficient (Wildman–Crippen LogP) is 3.25. The van der Waals surface area contributed by atoms with E-state index in [1.165, 1.54) is 0 Å². The Morgan fingerprint density at radius 3 is 2.83 bits per heavy atom. The van der Waals surface area contributed by atoms with Gasteiger partial charge in [0.1, 0.15) is 5.82 Å². The number of nitrogens with zero attached hydrogens (tertiary/aromatic N) is 2. The van der Waals surface area contributed by atoms with Crippen LogP contribution in [0.5, 0.6) is 23.0 Å². The van der Waals surface area contributed by atoms with Crippen LogP contribution in [0.25, 0.3) is 0 Å². The molecule has 0 saturated heterocycles. The maximum atomic E-state index is 12.5. The highest BCUT2D eigenvalue weighted by molar-refractivity contribution is 5.90. The molecule has 8 nitrogen and oxygen atoms in total. The molecule has 30 heavy (non-hydrogen) atoms. The van der Waals surface area contributed by atoms with E-state index in [1.54, 1.807) is 31.2 Å². The molecule has 0 fully saturated rings. The number of methoxy groups -OCH3 is 2. The van der Waals surface area contributed by atoms with Gasteiger partial charge in [0.25, 0.3) is 0 Å². The molecular weight excluding hydrogens is 386 g/mol. The molecule has 0 atom stereocenters. The molecule has 2 aromatic carbocycles. The van der Waals surface area contributed by atoms with Gasteiger partial charge in [-0.2, -0.15) is 5.10 Å². The number of hydrogen-bond acceptors (Lipinski definition) is 6. The van der Waals surface area contributed by atoms with Gasteiger partial charge in [0, 0.05) is 18.1 Å². The Morgan fingerprint density at radius 2 is 2.00 bits per heavy atom. The average molecular weight is 409 g/mol. The minimum Gasteiger partial charge on any atom is -0.493 e. The summed E-state index contributed by atoms with van der Waals surface area (Å²) in [6.45, 7) is 0.673. The van der Waals surface area contributed by atoms with Crippen LogP contribution in [0.15, 0.2) is 48.7 Å². The largest absolute Gasteiger partial charge is 0.493 e. The second-order valence-electron chi connectivity index (χ2n) is 6.76. The van der Waals surface area contributed by atoms with E-state index in [4.69, 9.17) is 18.9 Å². The number of amides is 1. The number of aromatic nitrogens is 2. The highest BCUT2D eigenvalue weighted by Crippen LogP contribution is 2.33. The van der Waals surface area contributed by atoms with Gasteiger partial charge in [-0.1, -0.05) is 18.2 Å². The Morgan fingerprint density at radius 1 is 1.13 bits per heavy atom. The Bertz CT molecular complexity index is 1050. The zero-order chi connectivity index (χ0) is 20.9. The van der Waals surface area contributed by atoms with Gasteiger partial charge in [0.05, 0.1) is 27.0 Å². The quantitative estimate of drug-likeness (QED) is 0.615. The van der Waals surface area contributed by atoms with Gasteiger partial charge in [-0.25, -0.2) is 4.68 Å². The maximum absolute atomic E-state index is 12.5. The van der Waals surface area contributed by atoms with Crippen molar-refractivity contribution in [2.24, 2.45) is 0 Å². The van der Waals surface area contributed by atoms with Crippen molar-refractivity contribution in [1.82, 2.24) is 9.78 Å². The van der Waals surface area contributed by atoms with E-state index in [-0.39, 0.29) is 12.7 Å². The molecule has 0 saturated carbocycles. The monoisotopic (exact) mass is 409 g/mol. The van der Waals surface area contributed by atoms with E-state index in [0.717, 1.165) is 22.6 Å². The minimum atomic E-state index is -0.0907. The summed E-state index contributed by atoms with van der Waals surface area (Å²) >= 11 is 0. The fourth-order valence-corrected chi connectivity index (χ4v) is 3.36. The SMILES string of the molecule is COc1cccc(Cn2nccc2NC(=O)CCc2ccc3c(c2)OCO3)c1OC. The van der Waals surface area contributed by atoms with E-state index in [2.05, 4.69) is 10.4 Å². The molecule has 0 spiro atoms. The molecule has 0 radical (unpaired) electrons. The van der Waals surface area contributed by atoms with Crippen LogP contribution in [-0.4, -0.2) is 36.7 Å². The summed E-state index contributed by atoms with van der Waals surface area (Å²) in [5.41, 5.74) is 1.92. The third kappa shape index (κ3) is 4.17. The summed E-state index contributed by atoms with van der Waals surface area (Å²) in [6, 6.07) is 13.2. The molecule has 3 aromatic rings. The van der Waals surface area contributed by atoms with Gasteiger partial charge < -0.3 is 24.3 Å². The number of carbonyl (C=O) groups is 1. The summed E-state index contributed by atoms with van der Waals surface area (Å²) < 4.78 is 23.3. The number of rotatable bonds is 8. The standard InChI is InChI=1S/C22H23N3O5/c1-27-18-5-3-4-16(22(18)28-2)13-25-20(10-11-23-25)24-21(26)9-7-15-6-8-17-19(12-15)30-14-29-17/h3-6,8,10-12H,7,9,13-14H2,1-2H3,(H,24,26). The molecule has 2 heterocycles. The topological polar surface area (TPSA) is 83.8 Å². The van der Waals surface area contributed by atoms with Crippen molar-refractivity contribution in [2.45, 2.75) is 19.4 Å². The van der Waals surface area contributed by atoms with Gasteiger partial charge in [-0.05, 0) is 30.2 Å². The molecule has 0 bridgehead atoms. The molecule has 1 aliphatic rings. The summed E-state index contributed by atoms with van der Waals surface area (Å²) in [5.74, 6) is 3.29. The lowest BCUT2D eigenvalue weighted by atomic mass is 10.1. The fraction of sp³-hybridized carbons (Fsp3) is 0.273. The number of hydrogen-bond donors (Lipinski definition) is 1. The van der Waals surface area contributed by atoms with Crippen molar-refractivity contribution in [3.63, 3.8) is 0 Å². The first-order valence-corrected chi connectivity index (χ1v) is 9.58. The number of fused-ring (bicyclic) bond motifs is 1. The minimum absolute atomic E-state index is 0.0907. The first-order valence-electron chi connectivity index (χ1n) is 9.58. The molecule has 156 valence electrons. The molecule has 0 unspecified atom stereocenters. The second-order valence-corrected chi connectivity index (χ2v) is 6.76. The van der Waals surface area contributed by atoms with Crippen molar-refractivity contribution in [1.29, 1.82) is 0 Å². The molecular formula is C22H23N3O5. The lowest BCUT2D eigenvalue weighted by molar-refractivity contribution is -0.116. The number of benzene rings is 2. The molecule has 1 amide bonds. The molecule has 0 aliphatic carbocycles. The summed E-state index contributed by atoms with van der Waals surface area (Å²) in [4.78, 5) is 12.5. The van der Waals surface area contributed by atoms with Crippen molar-refractivity contribution >= 4 is 11.7 Å². The fourth-order valence-electron chi connectivity index (χ4n) is 3.36.